The first-order valence-corrected chi connectivity index (χ1v) is 4.34. The van der Waals surface area contributed by atoms with Gasteiger partial charge in [-0.25, -0.2) is 9.18 Å². The van der Waals surface area contributed by atoms with Crippen molar-refractivity contribution >= 4 is 22.9 Å². The number of H-pyrrole nitrogens is 1. The lowest BCUT2D eigenvalue weighted by Gasteiger charge is -1.87. The van der Waals surface area contributed by atoms with E-state index < -0.39 is 5.97 Å². The van der Waals surface area contributed by atoms with Crippen LogP contribution in [0.1, 0.15) is 5.69 Å². The predicted octanol–water partition coefficient (Wildman–Crippen LogP) is 2.40. The number of halogens is 1. The Morgan fingerprint density at radius 2 is 2.20 bits per heavy atom. The average molecular weight is 205 g/mol. The minimum Gasteiger partial charge on any atom is -0.478 e. The van der Waals surface area contributed by atoms with Gasteiger partial charge in [0.05, 0.1) is 0 Å². The molecule has 0 fully saturated rings. The zero-order chi connectivity index (χ0) is 10.8. The number of aromatic nitrogens is 1. The van der Waals surface area contributed by atoms with Crippen LogP contribution in [0, 0.1) is 5.82 Å². The lowest BCUT2D eigenvalue weighted by atomic mass is 10.2. The van der Waals surface area contributed by atoms with Crippen LogP contribution in [-0.4, -0.2) is 16.1 Å². The van der Waals surface area contributed by atoms with Gasteiger partial charge < -0.3 is 10.1 Å². The zero-order valence-electron chi connectivity index (χ0n) is 7.70. The Morgan fingerprint density at radius 1 is 1.40 bits per heavy atom. The van der Waals surface area contributed by atoms with Gasteiger partial charge in [0.15, 0.2) is 0 Å². The number of hydrogen-bond donors (Lipinski definition) is 2. The van der Waals surface area contributed by atoms with Crippen LogP contribution < -0.4 is 0 Å². The van der Waals surface area contributed by atoms with Gasteiger partial charge in [0, 0.05) is 22.7 Å². The van der Waals surface area contributed by atoms with Crippen molar-refractivity contribution in [3.63, 3.8) is 0 Å². The maximum Gasteiger partial charge on any atom is 0.328 e. The van der Waals surface area contributed by atoms with Crippen LogP contribution in [0.3, 0.4) is 0 Å². The second-order valence-electron chi connectivity index (χ2n) is 3.13. The summed E-state index contributed by atoms with van der Waals surface area (Å²) in [6.45, 7) is 0. The fourth-order valence-electron chi connectivity index (χ4n) is 1.38. The van der Waals surface area contributed by atoms with Gasteiger partial charge in [0.25, 0.3) is 0 Å². The Balaban J connectivity index is 2.43. The minimum atomic E-state index is -1.01. The molecule has 1 aromatic carbocycles. The molecule has 0 atom stereocenters. The number of aliphatic carboxylic acids is 1. The first kappa shape index (κ1) is 9.45. The Labute approximate surface area is 84.8 Å². The summed E-state index contributed by atoms with van der Waals surface area (Å²) in [7, 11) is 0. The Hall–Kier alpha value is -2.10. The molecule has 0 aliphatic rings. The quantitative estimate of drug-likeness (QED) is 0.739. The van der Waals surface area contributed by atoms with Crippen LogP contribution in [0.2, 0.25) is 0 Å². The highest BCUT2D eigenvalue weighted by Crippen LogP contribution is 2.17. The normalized spacial score (nSPS) is 11.3. The van der Waals surface area contributed by atoms with Crippen molar-refractivity contribution in [2.45, 2.75) is 0 Å². The molecule has 0 aliphatic carbocycles. The van der Waals surface area contributed by atoms with Crippen molar-refractivity contribution in [2.75, 3.05) is 0 Å². The van der Waals surface area contributed by atoms with Crippen LogP contribution in [-0.2, 0) is 4.79 Å². The van der Waals surface area contributed by atoms with Crippen LogP contribution in [0.25, 0.3) is 17.0 Å². The van der Waals surface area contributed by atoms with E-state index in [4.69, 9.17) is 5.11 Å². The first-order valence-electron chi connectivity index (χ1n) is 4.34. The number of hydrogen-bond acceptors (Lipinski definition) is 1. The summed E-state index contributed by atoms with van der Waals surface area (Å²) in [5.74, 6) is -1.32. The molecule has 0 saturated heterocycles. The van der Waals surface area contributed by atoms with E-state index in [1.807, 2.05) is 0 Å². The number of aromatic amines is 1. The molecule has 0 radical (unpaired) electrons. The second-order valence-corrected chi connectivity index (χ2v) is 3.13. The summed E-state index contributed by atoms with van der Waals surface area (Å²) in [4.78, 5) is 13.2. The molecule has 15 heavy (non-hydrogen) atoms. The molecule has 0 amide bonds. The van der Waals surface area contributed by atoms with Gasteiger partial charge in [0.2, 0.25) is 0 Å². The number of nitrogens with one attached hydrogen (secondary N) is 1. The molecule has 0 spiro atoms. The molecule has 0 aliphatic heterocycles. The third kappa shape index (κ3) is 2.04. The topological polar surface area (TPSA) is 53.1 Å². The number of carboxylic acid groups (broad SMARTS) is 1. The van der Waals surface area contributed by atoms with E-state index in [1.165, 1.54) is 18.2 Å². The van der Waals surface area contributed by atoms with Crippen molar-refractivity contribution in [3.8, 4) is 0 Å². The summed E-state index contributed by atoms with van der Waals surface area (Å²) in [6.07, 6.45) is 2.46. The Bertz CT molecular complexity index is 543. The van der Waals surface area contributed by atoms with Gasteiger partial charge >= 0.3 is 5.97 Å². The molecule has 2 aromatic rings. The van der Waals surface area contributed by atoms with Crippen molar-refractivity contribution in [1.29, 1.82) is 0 Å². The van der Waals surface area contributed by atoms with Gasteiger partial charge in [-0.3, -0.25) is 0 Å². The van der Waals surface area contributed by atoms with Crippen LogP contribution >= 0.6 is 0 Å². The highest BCUT2D eigenvalue weighted by atomic mass is 19.1. The maximum absolute atomic E-state index is 12.8. The molecule has 1 aromatic heterocycles. The van der Waals surface area contributed by atoms with E-state index in [0.717, 1.165) is 17.0 Å². The number of carbonyl (C=O) groups is 1. The van der Waals surface area contributed by atoms with E-state index >= 15 is 0 Å². The molecule has 0 saturated carbocycles. The maximum atomic E-state index is 12.8. The van der Waals surface area contributed by atoms with Crippen LogP contribution in [0.5, 0.6) is 0 Å². The lowest BCUT2D eigenvalue weighted by Crippen LogP contribution is -1.85. The molecular weight excluding hydrogens is 197 g/mol. The highest BCUT2D eigenvalue weighted by Gasteiger charge is 1.99. The van der Waals surface area contributed by atoms with Gasteiger partial charge in [0.1, 0.15) is 5.82 Å². The molecule has 2 N–H and O–H groups in total. The second kappa shape index (κ2) is 3.57. The fraction of sp³-hybridized carbons (Fsp3) is 0. The standard InChI is InChI=1S/C11H8FNO2/c12-8-1-3-10-7(5-8)6-9(13-10)2-4-11(14)15/h1-6,13H,(H,14,15)/b4-2+. The minimum absolute atomic E-state index is 0.310. The monoisotopic (exact) mass is 205 g/mol. The van der Waals surface area contributed by atoms with Crippen LogP contribution in [0.15, 0.2) is 30.3 Å². The van der Waals surface area contributed by atoms with Crippen molar-refractivity contribution < 1.29 is 14.3 Å². The summed E-state index contributed by atoms with van der Waals surface area (Å²) < 4.78 is 12.8. The number of carboxylic acids is 1. The molecule has 3 nitrogen and oxygen atoms in total. The summed E-state index contributed by atoms with van der Waals surface area (Å²) in [5.41, 5.74) is 1.42. The molecule has 2 rings (SSSR count). The molecule has 76 valence electrons. The molecule has 0 unspecified atom stereocenters. The zero-order valence-corrected chi connectivity index (χ0v) is 7.70. The number of benzene rings is 1. The van der Waals surface area contributed by atoms with Crippen molar-refractivity contribution in [1.82, 2.24) is 4.98 Å². The SMILES string of the molecule is O=C(O)/C=C/c1cc2cc(F)ccc2[nH]1. The smallest absolute Gasteiger partial charge is 0.328 e. The number of rotatable bonds is 2. The van der Waals surface area contributed by atoms with E-state index in [-0.39, 0.29) is 5.82 Å². The van der Waals surface area contributed by atoms with Crippen molar-refractivity contribution in [3.05, 3.63) is 41.9 Å². The van der Waals surface area contributed by atoms with Crippen molar-refractivity contribution in [2.24, 2.45) is 0 Å². The van der Waals surface area contributed by atoms with E-state index in [2.05, 4.69) is 4.98 Å². The Morgan fingerprint density at radius 3 is 2.93 bits per heavy atom. The summed E-state index contributed by atoms with van der Waals surface area (Å²) in [6, 6.07) is 6.05. The number of fused-ring (bicyclic) bond motifs is 1. The first-order chi connectivity index (χ1) is 7.15. The Kier molecular flexibility index (Phi) is 2.25. The van der Waals surface area contributed by atoms with Crippen LogP contribution in [0.4, 0.5) is 4.39 Å². The largest absolute Gasteiger partial charge is 0.478 e. The fourth-order valence-corrected chi connectivity index (χ4v) is 1.38. The third-order valence-electron chi connectivity index (χ3n) is 2.01. The van der Waals surface area contributed by atoms with Gasteiger partial charge in [-0.2, -0.15) is 0 Å². The molecule has 0 bridgehead atoms. The molecule has 4 heteroatoms. The average Bonchev–Trinajstić information content (AvgIpc) is 2.56. The highest BCUT2D eigenvalue weighted by molar-refractivity contribution is 5.88. The van der Waals surface area contributed by atoms with E-state index in [0.29, 0.717) is 5.69 Å². The molecular formula is C11H8FNO2. The van der Waals surface area contributed by atoms with E-state index in [1.54, 1.807) is 12.1 Å². The molecule has 1 heterocycles. The summed E-state index contributed by atoms with van der Waals surface area (Å²) in [5, 5.41) is 9.16. The van der Waals surface area contributed by atoms with Gasteiger partial charge in [-0.05, 0) is 30.3 Å². The van der Waals surface area contributed by atoms with Gasteiger partial charge in [-0.1, -0.05) is 0 Å². The predicted molar refractivity (Wildman–Crippen MR) is 54.9 cm³/mol. The lowest BCUT2D eigenvalue weighted by molar-refractivity contribution is -0.131. The van der Waals surface area contributed by atoms with E-state index in [9.17, 15) is 9.18 Å². The van der Waals surface area contributed by atoms with Gasteiger partial charge in [-0.15, -0.1) is 0 Å². The third-order valence-corrected chi connectivity index (χ3v) is 2.01. The summed E-state index contributed by atoms with van der Waals surface area (Å²) >= 11 is 0.